The topological polar surface area (TPSA) is 85.9 Å². The fraction of sp³-hybridized carbons (Fsp3) is 0.474. The number of carbonyl (C=O) groups excluding carboxylic acids is 2. The number of amides is 2. The van der Waals surface area contributed by atoms with Crippen LogP contribution in [0, 0.1) is 0 Å². The number of hydrogen-bond acceptors (Lipinski definition) is 5. The first kappa shape index (κ1) is 19.6. The molecule has 1 atom stereocenters. The molecule has 1 heterocycles. The number of benzene rings is 1. The predicted octanol–water partition coefficient (Wildman–Crippen LogP) is 3.06. The van der Waals surface area contributed by atoms with E-state index in [1.54, 1.807) is 39.2 Å². The van der Waals surface area contributed by atoms with Crippen molar-refractivity contribution in [3.05, 3.63) is 35.0 Å². The molecule has 2 amide bonds. The van der Waals surface area contributed by atoms with Crippen LogP contribution in [0.4, 0.5) is 4.79 Å². The van der Waals surface area contributed by atoms with Crippen LogP contribution in [0.5, 0.6) is 11.5 Å². The smallest absolute Gasteiger partial charge is 0.338 e. The molecule has 2 N–H and O–H groups in total. The van der Waals surface area contributed by atoms with Gasteiger partial charge in [-0.15, -0.1) is 0 Å². The molecule has 26 heavy (non-hydrogen) atoms. The zero-order chi connectivity index (χ0) is 19.3. The van der Waals surface area contributed by atoms with Crippen molar-refractivity contribution < 1.29 is 23.8 Å². The van der Waals surface area contributed by atoms with Crippen molar-refractivity contribution in [3.63, 3.8) is 0 Å². The molecule has 1 unspecified atom stereocenters. The van der Waals surface area contributed by atoms with Crippen molar-refractivity contribution in [1.29, 1.82) is 0 Å². The number of allylic oxidation sites excluding steroid dienone is 1. The molecule has 0 saturated carbocycles. The molecule has 1 aromatic rings. The van der Waals surface area contributed by atoms with Crippen LogP contribution in [-0.2, 0) is 9.53 Å². The first-order valence-electron chi connectivity index (χ1n) is 8.73. The fourth-order valence-electron chi connectivity index (χ4n) is 2.80. The molecule has 142 valence electrons. The molecule has 2 rings (SSSR count). The number of carbonyl (C=O) groups is 2. The van der Waals surface area contributed by atoms with Crippen molar-refractivity contribution in [2.24, 2.45) is 0 Å². The van der Waals surface area contributed by atoms with Crippen LogP contribution in [0.15, 0.2) is 29.5 Å². The molecule has 7 nitrogen and oxygen atoms in total. The molecule has 0 aromatic heterocycles. The Balaban J connectivity index is 2.49. The van der Waals surface area contributed by atoms with Crippen LogP contribution in [0.2, 0.25) is 0 Å². The highest BCUT2D eigenvalue weighted by Gasteiger charge is 2.34. The third-order valence-corrected chi connectivity index (χ3v) is 3.89. The lowest BCUT2D eigenvalue weighted by molar-refractivity contribution is -0.143. The van der Waals surface area contributed by atoms with Gasteiger partial charge in [0.2, 0.25) is 0 Å². The van der Waals surface area contributed by atoms with E-state index in [2.05, 4.69) is 10.6 Å². The maximum absolute atomic E-state index is 12.7. The van der Waals surface area contributed by atoms with E-state index in [-0.39, 0.29) is 12.1 Å². The van der Waals surface area contributed by atoms with E-state index in [0.717, 1.165) is 0 Å². The third kappa shape index (κ3) is 4.28. The summed E-state index contributed by atoms with van der Waals surface area (Å²) in [6.45, 7) is 7.84. The van der Waals surface area contributed by atoms with Crippen molar-refractivity contribution in [1.82, 2.24) is 10.6 Å². The van der Waals surface area contributed by atoms with Gasteiger partial charge in [-0.1, -0.05) is 13.0 Å². The largest absolute Gasteiger partial charge is 0.493 e. The summed E-state index contributed by atoms with van der Waals surface area (Å²) >= 11 is 0. The van der Waals surface area contributed by atoms with Gasteiger partial charge in [-0.25, -0.2) is 9.59 Å². The highest BCUT2D eigenvalue weighted by Crippen LogP contribution is 2.35. The Morgan fingerprint density at radius 3 is 2.54 bits per heavy atom. The maximum Gasteiger partial charge on any atom is 0.338 e. The zero-order valence-electron chi connectivity index (χ0n) is 15.8. The molecular formula is C19H26N2O5. The minimum Gasteiger partial charge on any atom is -0.493 e. The van der Waals surface area contributed by atoms with Crippen LogP contribution in [0.1, 0.15) is 45.7 Å². The Kier molecular flexibility index (Phi) is 6.49. The minimum absolute atomic E-state index is 0.263. The number of methoxy groups -OCH3 is 1. The first-order valence-corrected chi connectivity index (χ1v) is 8.73. The lowest BCUT2D eigenvalue weighted by Gasteiger charge is -2.29. The monoisotopic (exact) mass is 362 g/mol. The van der Waals surface area contributed by atoms with Crippen LogP contribution in [-0.4, -0.2) is 31.8 Å². The van der Waals surface area contributed by atoms with E-state index in [1.807, 2.05) is 13.8 Å². The van der Waals surface area contributed by atoms with Crippen molar-refractivity contribution in [2.45, 2.75) is 46.3 Å². The van der Waals surface area contributed by atoms with Crippen LogP contribution < -0.4 is 20.1 Å². The van der Waals surface area contributed by atoms with Gasteiger partial charge in [0.15, 0.2) is 11.5 Å². The summed E-state index contributed by atoms with van der Waals surface area (Å²) in [5.41, 5.74) is 1.66. The zero-order valence-corrected chi connectivity index (χ0v) is 15.8. The van der Waals surface area contributed by atoms with Crippen molar-refractivity contribution in [2.75, 3.05) is 13.7 Å². The highest BCUT2D eigenvalue weighted by molar-refractivity contribution is 5.95. The van der Waals surface area contributed by atoms with E-state index in [1.165, 1.54) is 0 Å². The minimum atomic E-state index is -0.630. The molecule has 1 aromatic carbocycles. The van der Waals surface area contributed by atoms with Crippen LogP contribution >= 0.6 is 0 Å². The second-order valence-electron chi connectivity index (χ2n) is 6.07. The Hall–Kier alpha value is -2.70. The second-order valence-corrected chi connectivity index (χ2v) is 6.07. The average molecular weight is 362 g/mol. The van der Waals surface area contributed by atoms with Crippen LogP contribution in [0.25, 0.3) is 0 Å². The number of urea groups is 1. The Morgan fingerprint density at radius 1 is 1.23 bits per heavy atom. The van der Waals surface area contributed by atoms with Gasteiger partial charge in [0, 0.05) is 5.70 Å². The molecule has 0 saturated heterocycles. The van der Waals surface area contributed by atoms with Gasteiger partial charge >= 0.3 is 12.0 Å². The highest BCUT2D eigenvalue weighted by atomic mass is 16.5. The van der Waals surface area contributed by atoms with E-state index < -0.39 is 12.0 Å². The normalized spacial score (nSPS) is 16.8. The van der Waals surface area contributed by atoms with Gasteiger partial charge < -0.3 is 24.8 Å². The second kappa shape index (κ2) is 8.60. The van der Waals surface area contributed by atoms with Gasteiger partial charge in [0.05, 0.1) is 31.4 Å². The number of nitrogens with one attached hydrogen (secondary N) is 2. The van der Waals surface area contributed by atoms with E-state index in [0.29, 0.717) is 41.4 Å². The Morgan fingerprint density at radius 2 is 1.96 bits per heavy atom. The molecule has 0 fully saturated rings. The van der Waals surface area contributed by atoms with Crippen molar-refractivity contribution >= 4 is 12.0 Å². The number of ether oxygens (including phenoxy) is 3. The Bertz CT molecular complexity index is 712. The SMILES string of the molecule is CCOc1ccc(C2NC(=O)NC(CC)=C2C(=O)OC(C)C)cc1OC. The summed E-state index contributed by atoms with van der Waals surface area (Å²) in [5, 5.41) is 5.50. The summed E-state index contributed by atoms with van der Waals surface area (Å²) in [6, 6.07) is 4.34. The van der Waals surface area contributed by atoms with Gasteiger partial charge in [-0.3, -0.25) is 0 Å². The molecule has 1 aliphatic heterocycles. The van der Waals surface area contributed by atoms with Crippen LogP contribution in [0.3, 0.4) is 0 Å². The molecule has 0 spiro atoms. The van der Waals surface area contributed by atoms with E-state index in [4.69, 9.17) is 14.2 Å². The van der Waals surface area contributed by atoms with Crippen molar-refractivity contribution in [3.8, 4) is 11.5 Å². The number of esters is 1. The van der Waals surface area contributed by atoms with Gasteiger partial charge in [0.1, 0.15) is 0 Å². The number of rotatable bonds is 7. The quantitative estimate of drug-likeness (QED) is 0.728. The van der Waals surface area contributed by atoms with Gasteiger partial charge in [-0.2, -0.15) is 0 Å². The van der Waals surface area contributed by atoms with Gasteiger partial charge in [0.25, 0.3) is 0 Å². The standard InChI is InChI=1S/C19H26N2O5/c1-6-13-16(18(22)26-11(3)4)17(21-19(23)20-13)12-8-9-14(25-7-2)15(10-12)24-5/h8-11,17H,6-7H2,1-5H3,(H2,20,21,23). The molecule has 7 heteroatoms. The molecule has 1 aliphatic rings. The van der Waals surface area contributed by atoms with E-state index >= 15 is 0 Å². The molecule has 0 aliphatic carbocycles. The predicted molar refractivity (Wildman–Crippen MR) is 97.1 cm³/mol. The first-order chi connectivity index (χ1) is 12.4. The summed E-state index contributed by atoms with van der Waals surface area (Å²) in [6.07, 6.45) is 0.238. The summed E-state index contributed by atoms with van der Waals surface area (Å²) in [4.78, 5) is 24.7. The third-order valence-electron chi connectivity index (χ3n) is 3.89. The van der Waals surface area contributed by atoms with Gasteiger partial charge in [-0.05, 0) is 44.9 Å². The summed E-state index contributed by atoms with van der Waals surface area (Å²) < 4.78 is 16.3. The summed E-state index contributed by atoms with van der Waals surface area (Å²) in [7, 11) is 1.55. The lowest BCUT2D eigenvalue weighted by atomic mass is 9.94. The molecular weight excluding hydrogens is 336 g/mol. The molecule has 0 radical (unpaired) electrons. The molecule has 0 bridgehead atoms. The summed E-state index contributed by atoms with van der Waals surface area (Å²) in [5.74, 6) is 0.680. The van der Waals surface area contributed by atoms with E-state index in [9.17, 15) is 9.59 Å². The lowest BCUT2D eigenvalue weighted by Crippen LogP contribution is -2.46. The average Bonchev–Trinajstić information content (AvgIpc) is 2.60. The maximum atomic E-state index is 12.7. The Labute approximate surface area is 153 Å². The number of hydrogen-bond donors (Lipinski definition) is 2. The fourth-order valence-corrected chi connectivity index (χ4v) is 2.80.